The highest BCUT2D eigenvalue weighted by Gasteiger charge is 2.23. The lowest BCUT2D eigenvalue weighted by molar-refractivity contribution is -0.131. The summed E-state index contributed by atoms with van der Waals surface area (Å²) in [5, 5.41) is 0. The van der Waals surface area contributed by atoms with Crippen LogP contribution in [0.25, 0.3) is 11.3 Å². The molecule has 3 aromatic rings. The number of hydrogen-bond acceptors (Lipinski definition) is 4. The first-order valence-corrected chi connectivity index (χ1v) is 9.58. The van der Waals surface area contributed by atoms with Gasteiger partial charge in [-0.05, 0) is 24.3 Å². The van der Waals surface area contributed by atoms with Crippen molar-refractivity contribution in [1.29, 1.82) is 0 Å². The molecule has 0 unspecified atom stereocenters. The van der Waals surface area contributed by atoms with E-state index in [4.69, 9.17) is 4.42 Å². The molecule has 0 aliphatic carbocycles. The van der Waals surface area contributed by atoms with Crippen LogP contribution >= 0.6 is 0 Å². The third-order valence-corrected chi connectivity index (χ3v) is 5.07. The number of carbonyl (C=O) groups is 1. The molecule has 2 aromatic carbocycles. The molecule has 1 saturated heterocycles. The van der Waals surface area contributed by atoms with Crippen molar-refractivity contribution in [2.24, 2.45) is 0 Å². The lowest BCUT2D eigenvalue weighted by atomic mass is 10.2. The maximum atomic E-state index is 13.9. The van der Waals surface area contributed by atoms with Crippen LogP contribution in [0.1, 0.15) is 12.3 Å². The highest BCUT2D eigenvalue weighted by molar-refractivity contribution is 5.76. The average Bonchev–Trinajstić information content (AvgIpc) is 3.22. The van der Waals surface area contributed by atoms with E-state index >= 15 is 0 Å². The molecule has 1 aromatic heterocycles. The molecule has 150 valence electrons. The third-order valence-electron chi connectivity index (χ3n) is 5.07. The minimum atomic E-state index is -0.376. The molecule has 0 atom stereocenters. The second kappa shape index (κ2) is 8.43. The van der Waals surface area contributed by atoms with Gasteiger partial charge in [0, 0.05) is 39.0 Å². The van der Waals surface area contributed by atoms with Crippen molar-refractivity contribution in [2.75, 3.05) is 31.1 Å². The van der Waals surface area contributed by atoms with Crippen LogP contribution in [0.4, 0.5) is 14.5 Å². The maximum Gasteiger partial charge on any atom is 0.223 e. The molecule has 29 heavy (non-hydrogen) atoms. The number of carbonyl (C=O) groups excluding carboxylic acids is 1. The molecule has 4 rings (SSSR count). The van der Waals surface area contributed by atoms with Gasteiger partial charge < -0.3 is 14.2 Å². The molecule has 0 spiro atoms. The van der Waals surface area contributed by atoms with Gasteiger partial charge in [-0.2, -0.15) is 0 Å². The molecule has 1 aliphatic heterocycles. The van der Waals surface area contributed by atoms with Crippen molar-refractivity contribution in [1.82, 2.24) is 9.88 Å². The Morgan fingerprint density at radius 3 is 2.38 bits per heavy atom. The summed E-state index contributed by atoms with van der Waals surface area (Å²) >= 11 is 0. The van der Waals surface area contributed by atoms with Gasteiger partial charge >= 0.3 is 0 Å². The Labute approximate surface area is 167 Å². The first kappa shape index (κ1) is 19.1. The normalized spacial score (nSPS) is 14.3. The average molecular weight is 397 g/mol. The molecule has 5 nitrogen and oxygen atoms in total. The van der Waals surface area contributed by atoms with Crippen molar-refractivity contribution < 1.29 is 18.0 Å². The number of anilines is 1. The zero-order valence-electron chi connectivity index (χ0n) is 15.9. The first-order valence-electron chi connectivity index (χ1n) is 9.58. The highest BCUT2D eigenvalue weighted by Crippen LogP contribution is 2.24. The predicted molar refractivity (Wildman–Crippen MR) is 105 cm³/mol. The molecule has 0 bridgehead atoms. The predicted octanol–water partition coefficient (Wildman–Crippen LogP) is 3.90. The molecular weight excluding hydrogens is 376 g/mol. The number of oxazole rings is 1. The number of nitrogens with zero attached hydrogens (tertiary/aromatic N) is 3. The minimum Gasteiger partial charge on any atom is -0.441 e. The maximum absolute atomic E-state index is 13.9. The summed E-state index contributed by atoms with van der Waals surface area (Å²) in [6, 6.07) is 13.0. The van der Waals surface area contributed by atoms with E-state index in [2.05, 4.69) is 4.98 Å². The summed E-state index contributed by atoms with van der Waals surface area (Å²) < 4.78 is 33.4. The summed E-state index contributed by atoms with van der Waals surface area (Å²) in [7, 11) is 0. The van der Waals surface area contributed by atoms with E-state index in [0.29, 0.717) is 55.5 Å². The second-order valence-electron chi connectivity index (χ2n) is 6.92. The number of benzene rings is 2. The molecular formula is C22H21F2N3O2. The molecule has 0 radical (unpaired) electrons. The fourth-order valence-electron chi connectivity index (χ4n) is 3.49. The molecule has 2 heterocycles. The smallest absolute Gasteiger partial charge is 0.223 e. The van der Waals surface area contributed by atoms with Gasteiger partial charge in [-0.15, -0.1) is 0 Å². The van der Waals surface area contributed by atoms with E-state index in [1.165, 1.54) is 18.3 Å². The van der Waals surface area contributed by atoms with Crippen LogP contribution in [0.5, 0.6) is 0 Å². The SMILES string of the molecule is O=C(CCc1ncc(-c2ccccc2F)o1)N1CCN(c2ccccc2F)CC1. The largest absolute Gasteiger partial charge is 0.441 e. The number of aryl methyl sites for hydroxylation is 1. The first-order chi connectivity index (χ1) is 14.1. The van der Waals surface area contributed by atoms with Crippen molar-refractivity contribution in [2.45, 2.75) is 12.8 Å². The number of rotatable bonds is 5. The summed E-state index contributed by atoms with van der Waals surface area (Å²) in [5.41, 5.74) is 0.918. The van der Waals surface area contributed by atoms with E-state index in [0.717, 1.165) is 0 Å². The topological polar surface area (TPSA) is 49.6 Å². The Kier molecular flexibility index (Phi) is 5.55. The lowest BCUT2D eigenvalue weighted by Gasteiger charge is -2.36. The van der Waals surface area contributed by atoms with E-state index in [-0.39, 0.29) is 24.0 Å². The standard InChI is InChI=1S/C22H21F2N3O2/c23-17-6-2-1-5-16(17)20-15-25-21(29-20)9-10-22(28)27-13-11-26(12-14-27)19-8-4-3-7-18(19)24/h1-8,15H,9-14H2. The van der Waals surface area contributed by atoms with Crippen molar-refractivity contribution in [3.05, 3.63) is 72.3 Å². The minimum absolute atomic E-state index is 0.00354. The third kappa shape index (κ3) is 4.29. The van der Waals surface area contributed by atoms with Crippen LogP contribution in [0.15, 0.2) is 59.1 Å². The number of amides is 1. The van der Waals surface area contributed by atoms with Gasteiger partial charge in [0.25, 0.3) is 0 Å². The van der Waals surface area contributed by atoms with Crippen LogP contribution in [-0.4, -0.2) is 42.0 Å². The van der Waals surface area contributed by atoms with Crippen molar-refractivity contribution >= 4 is 11.6 Å². The van der Waals surface area contributed by atoms with E-state index < -0.39 is 0 Å². The van der Waals surface area contributed by atoms with Crippen LogP contribution in [0.3, 0.4) is 0 Å². The number of aromatic nitrogens is 1. The molecule has 0 saturated carbocycles. The van der Waals surface area contributed by atoms with Gasteiger partial charge in [0.05, 0.1) is 17.4 Å². The molecule has 1 fully saturated rings. The van der Waals surface area contributed by atoms with E-state index in [1.54, 1.807) is 35.2 Å². The lowest BCUT2D eigenvalue weighted by Crippen LogP contribution is -2.49. The Balaban J connectivity index is 1.30. The summed E-state index contributed by atoms with van der Waals surface area (Å²) in [6.07, 6.45) is 2.09. The van der Waals surface area contributed by atoms with Gasteiger partial charge in [-0.3, -0.25) is 4.79 Å². The quantitative estimate of drug-likeness (QED) is 0.655. The fraction of sp³-hybridized carbons (Fsp3) is 0.273. The number of hydrogen-bond donors (Lipinski definition) is 0. The van der Waals surface area contributed by atoms with Crippen molar-refractivity contribution in [3.8, 4) is 11.3 Å². The number of halogens is 2. The summed E-state index contributed by atoms with van der Waals surface area (Å²) in [4.78, 5) is 20.4. The fourth-order valence-corrected chi connectivity index (χ4v) is 3.49. The summed E-state index contributed by atoms with van der Waals surface area (Å²) in [5.74, 6) is 0.135. The van der Waals surface area contributed by atoms with Crippen molar-refractivity contribution in [3.63, 3.8) is 0 Å². The zero-order chi connectivity index (χ0) is 20.2. The van der Waals surface area contributed by atoms with Gasteiger partial charge in [0.15, 0.2) is 11.7 Å². The van der Waals surface area contributed by atoms with E-state index in [9.17, 15) is 13.6 Å². The Morgan fingerprint density at radius 1 is 0.966 bits per heavy atom. The van der Waals surface area contributed by atoms with Crippen LogP contribution in [0, 0.1) is 11.6 Å². The highest BCUT2D eigenvalue weighted by atomic mass is 19.1. The van der Waals surface area contributed by atoms with Gasteiger partial charge in [-0.1, -0.05) is 24.3 Å². The molecule has 7 heteroatoms. The number of para-hydroxylation sites is 1. The van der Waals surface area contributed by atoms with Crippen LogP contribution in [0.2, 0.25) is 0 Å². The monoisotopic (exact) mass is 397 g/mol. The second-order valence-corrected chi connectivity index (χ2v) is 6.92. The van der Waals surface area contributed by atoms with E-state index in [1.807, 2.05) is 11.0 Å². The molecule has 0 N–H and O–H groups in total. The zero-order valence-corrected chi connectivity index (χ0v) is 15.9. The number of piperazine rings is 1. The Morgan fingerprint density at radius 2 is 1.66 bits per heavy atom. The van der Waals surface area contributed by atoms with Gasteiger partial charge in [-0.25, -0.2) is 13.8 Å². The van der Waals surface area contributed by atoms with Crippen LogP contribution in [-0.2, 0) is 11.2 Å². The Bertz CT molecular complexity index is 997. The van der Waals surface area contributed by atoms with Crippen LogP contribution < -0.4 is 4.90 Å². The Hall–Kier alpha value is -3.22. The van der Waals surface area contributed by atoms with Gasteiger partial charge in [0.1, 0.15) is 11.6 Å². The molecule has 1 amide bonds. The molecule has 1 aliphatic rings. The summed E-state index contributed by atoms with van der Waals surface area (Å²) in [6.45, 7) is 2.25. The van der Waals surface area contributed by atoms with Gasteiger partial charge in [0.2, 0.25) is 5.91 Å².